The zero-order valence-corrected chi connectivity index (χ0v) is 7.15. The van der Waals surface area contributed by atoms with E-state index in [0.29, 0.717) is 16.9 Å². The van der Waals surface area contributed by atoms with Gasteiger partial charge >= 0.3 is 0 Å². The lowest BCUT2D eigenvalue weighted by molar-refractivity contribution is -0.114. The van der Waals surface area contributed by atoms with E-state index in [-0.39, 0.29) is 18.3 Å². The van der Waals surface area contributed by atoms with Crippen LogP contribution in [-0.2, 0) is 4.79 Å². The van der Waals surface area contributed by atoms with E-state index in [4.69, 9.17) is 0 Å². The molecule has 4 heteroatoms. The molecule has 1 amide bonds. The second-order valence-corrected chi connectivity index (χ2v) is 3.05. The third kappa shape index (κ3) is 1.35. The van der Waals surface area contributed by atoms with Crippen molar-refractivity contribution in [2.45, 2.75) is 6.92 Å². The Balaban J connectivity index is 2.49. The third-order valence-corrected chi connectivity index (χ3v) is 2.01. The zero-order chi connectivity index (χ0) is 9.42. The van der Waals surface area contributed by atoms with Crippen molar-refractivity contribution in [2.24, 2.45) is 0 Å². The molecular formula is C9H9FN2O. The predicted octanol–water partition coefficient (Wildman–Crippen LogP) is 1.50. The summed E-state index contributed by atoms with van der Waals surface area (Å²) in [7, 11) is 0. The van der Waals surface area contributed by atoms with E-state index >= 15 is 0 Å². The summed E-state index contributed by atoms with van der Waals surface area (Å²) in [6.45, 7) is 1.87. The van der Waals surface area contributed by atoms with Gasteiger partial charge in [-0.2, -0.15) is 0 Å². The molecule has 0 radical (unpaired) electrons. The molecule has 68 valence electrons. The molecule has 0 saturated carbocycles. The summed E-state index contributed by atoms with van der Waals surface area (Å²) in [6.07, 6.45) is 0. The number of carbonyl (C=O) groups excluding carboxylic acids is 1. The lowest BCUT2D eigenvalue weighted by atomic mass is 10.1. The maximum atomic E-state index is 13.1. The highest BCUT2D eigenvalue weighted by atomic mass is 19.1. The summed E-state index contributed by atoms with van der Waals surface area (Å²) in [5, 5.41) is 5.49. The van der Waals surface area contributed by atoms with Crippen LogP contribution < -0.4 is 10.6 Å². The van der Waals surface area contributed by atoms with Gasteiger partial charge < -0.3 is 10.6 Å². The predicted molar refractivity (Wildman–Crippen MR) is 48.3 cm³/mol. The van der Waals surface area contributed by atoms with E-state index in [2.05, 4.69) is 10.6 Å². The Hall–Kier alpha value is -1.58. The van der Waals surface area contributed by atoms with Gasteiger partial charge in [0.05, 0.1) is 17.9 Å². The molecule has 1 aliphatic heterocycles. The number of anilines is 2. The second kappa shape index (κ2) is 2.73. The highest BCUT2D eigenvalue weighted by molar-refractivity contribution is 6.00. The van der Waals surface area contributed by atoms with Gasteiger partial charge in [-0.25, -0.2) is 4.39 Å². The van der Waals surface area contributed by atoms with Crippen LogP contribution in [0.5, 0.6) is 0 Å². The Morgan fingerprint density at radius 1 is 1.38 bits per heavy atom. The van der Waals surface area contributed by atoms with Gasteiger partial charge in [-0.05, 0) is 24.6 Å². The lowest BCUT2D eigenvalue weighted by Crippen LogP contribution is -2.27. The number of fused-ring (bicyclic) bond motifs is 1. The minimum atomic E-state index is -0.262. The molecule has 2 N–H and O–H groups in total. The topological polar surface area (TPSA) is 41.1 Å². The molecule has 0 spiro atoms. The van der Waals surface area contributed by atoms with Crippen molar-refractivity contribution in [3.05, 3.63) is 23.5 Å². The van der Waals surface area contributed by atoms with Crippen LogP contribution in [0.2, 0.25) is 0 Å². The van der Waals surface area contributed by atoms with E-state index in [1.54, 1.807) is 13.0 Å². The van der Waals surface area contributed by atoms with Gasteiger partial charge in [0, 0.05) is 0 Å². The normalized spacial score (nSPS) is 14.5. The largest absolute Gasteiger partial charge is 0.374 e. The van der Waals surface area contributed by atoms with Gasteiger partial charge in [0.25, 0.3) is 0 Å². The molecule has 1 aromatic carbocycles. The first-order valence-electron chi connectivity index (χ1n) is 4.00. The minimum Gasteiger partial charge on any atom is -0.374 e. The molecule has 0 saturated heterocycles. The number of aryl methyl sites for hydroxylation is 1. The van der Waals surface area contributed by atoms with Crippen LogP contribution in [-0.4, -0.2) is 12.5 Å². The SMILES string of the molecule is Cc1cc2c(cc1F)NCC(=O)N2. The average molecular weight is 180 g/mol. The highest BCUT2D eigenvalue weighted by Gasteiger charge is 2.15. The Morgan fingerprint density at radius 3 is 2.92 bits per heavy atom. The Labute approximate surface area is 74.9 Å². The molecule has 0 bridgehead atoms. The molecule has 1 aliphatic rings. The molecule has 0 aliphatic carbocycles. The number of halogens is 1. The molecular weight excluding hydrogens is 171 g/mol. The van der Waals surface area contributed by atoms with E-state index < -0.39 is 0 Å². The molecule has 0 aromatic heterocycles. The number of benzene rings is 1. The van der Waals surface area contributed by atoms with E-state index in [9.17, 15) is 9.18 Å². The Kier molecular flexibility index (Phi) is 1.69. The Bertz CT molecular complexity index is 376. The van der Waals surface area contributed by atoms with Crippen molar-refractivity contribution >= 4 is 17.3 Å². The smallest absolute Gasteiger partial charge is 0.243 e. The fourth-order valence-electron chi connectivity index (χ4n) is 1.30. The molecule has 0 unspecified atom stereocenters. The van der Waals surface area contributed by atoms with Gasteiger partial charge in [0.15, 0.2) is 0 Å². The quantitative estimate of drug-likeness (QED) is 0.635. The molecule has 0 atom stereocenters. The van der Waals surface area contributed by atoms with Crippen molar-refractivity contribution in [1.82, 2.24) is 0 Å². The van der Waals surface area contributed by atoms with Crippen molar-refractivity contribution in [2.75, 3.05) is 17.2 Å². The number of hydrogen-bond acceptors (Lipinski definition) is 2. The number of hydrogen-bond donors (Lipinski definition) is 2. The molecule has 1 heterocycles. The van der Waals surface area contributed by atoms with Crippen molar-refractivity contribution in [3.8, 4) is 0 Å². The Morgan fingerprint density at radius 2 is 2.15 bits per heavy atom. The van der Waals surface area contributed by atoms with E-state index in [0.717, 1.165) is 0 Å². The van der Waals surface area contributed by atoms with Crippen molar-refractivity contribution in [3.63, 3.8) is 0 Å². The van der Waals surface area contributed by atoms with Crippen LogP contribution in [0.15, 0.2) is 12.1 Å². The van der Waals surface area contributed by atoms with Crippen LogP contribution in [0.25, 0.3) is 0 Å². The molecule has 1 aromatic rings. The average Bonchev–Trinajstić information content (AvgIpc) is 2.08. The molecule has 0 fully saturated rings. The van der Waals surface area contributed by atoms with Crippen molar-refractivity contribution in [1.29, 1.82) is 0 Å². The maximum absolute atomic E-state index is 13.1. The number of nitrogens with one attached hydrogen (secondary N) is 2. The van der Waals surface area contributed by atoms with Crippen LogP contribution >= 0.6 is 0 Å². The summed E-state index contributed by atoms with van der Waals surface area (Å²) < 4.78 is 13.1. The highest BCUT2D eigenvalue weighted by Crippen LogP contribution is 2.27. The molecule has 13 heavy (non-hydrogen) atoms. The summed E-state index contributed by atoms with van der Waals surface area (Å²) >= 11 is 0. The fourth-order valence-corrected chi connectivity index (χ4v) is 1.30. The summed E-state index contributed by atoms with van der Waals surface area (Å²) in [5.74, 6) is -0.360. The second-order valence-electron chi connectivity index (χ2n) is 3.05. The van der Waals surface area contributed by atoms with Crippen molar-refractivity contribution < 1.29 is 9.18 Å². The molecule has 2 rings (SSSR count). The summed E-state index contributed by atoms with van der Waals surface area (Å²) in [5.41, 5.74) is 1.82. The van der Waals surface area contributed by atoms with Crippen LogP contribution in [0.4, 0.5) is 15.8 Å². The first-order chi connectivity index (χ1) is 6.16. The third-order valence-electron chi connectivity index (χ3n) is 2.01. The number of rotatable bonds is 0. The number of amides is 1. The minimum absolute atomic E-state index is 0.0986. The van der Waals surface area contributed by atoms with E-state index in [1.807, 2.05) is 0 Å². The van der Waals surface area contributed by atoms with E-state index in [1.165, 1.54) is 6.07 Å². The first kappa shape index (κ1) is 8.04. The molecule has 3 nitrogen and oxygen atoms in total. The van der Waals surface area contributed by atoms with Gasteiger partial charge in [-0.1, -0.05) is 0 Å². The first-order valence-corrected chi connectivity index (χ1v) is 4.00. The van der Waals surface area contributed by atoms with Crippen LogP contribution in [0.3, 0.4) is 0 Å². The fraction of sp³-hybridized carbons (Fsp3) is 0.222. The van der Waals surface area contributed by atoms with Gasteiger partial charge in [0.2, 0.25) is 5.91 Å². The van der Waals surface area contributed by atoms with Gasteiger partial charge in [-0.15, -0.1) is 0 Å². The standard InChI is InChI=1S/C9H9FN2O/c1-5-2-8-7(3-6(5)10)11-4-9(13)12-8/h2-3,11H,4H2,1H3,(H,12,13). The van der Waals surface area contributed by atoms with Crippen LogP contribution in [0, 0.1) is 12.7 Å². The summed E-state index contributed by atoms with van der Waals surface area (Å²) in [4.78, 5) is 11.0. The van der Waals surface area contributed by atoms with Gasteiger partial charge in [-0.3, -0.25) is 4.79 Å². The summed E-state index contributed by atoms with van der Waals surface area (Å²) in [6, 6.07) is 3.01. The zero-order valence-electron chi connectivity index (χ0n) is 7.15. The van der Waals surface area contributed by atoms with Crippen LogP contribution in [0.1, 0.15) is 5.56 Å². The lowest BCUT2D eigenvalue weighted by Gasteiger charge is -2.19. The monoisotopic (exact) mass is 180 g/mol. The number of carbonyl (C=O) groups is 1. The van der Waals surface area contributed by atoms with Gasteiger partial charge in [0.1, 0.15) is 5.82 Å². The maximum Gasteiger partial charge on any atom is 0.243 e.